The van der Waals surface area contributed by atoms with E-state index in [-0.39, 0.29) is 17.6 Å². The summed E-state index contributed by atoms with van der Waals surface area (Å²) in [5, 5.41) is 0. The summed E-state index contributed by atoms with van der Waals surface area (Å²) in [5.41, 5.74) is 0. The highest BCUT2D eigenvalue weighted by molar-refractivity contribution is 5.82. The fourth-order valence-corrected chi connectivity index (χ4v) is 1.81. The lowest BCUT2D eigenvalue weighted by Gasteiger charge is -2.14. The number of hydrogen-bond donors (Lipinski definition) is 0. The molecule has 2 unspecified atom stereocenters. The molecule has 2 atom stereocenters. The maximum absolute atomic E-state index is 11.9. The molecule has 0 aliphatic heterocycles. The average molecular weight is 226 g/mol. The second-order valence-corrected chi connectivity index (χ2v) is 4.76. The van der Waals surface area contributed by atoms with Crippen LogP contribution in [0.5, 0.6) is 0 Å². The van der Waals surface area contributed by atoms with Crippen molar-refractivity contribution in [3.05, 3.63) is 0 Å². The monoisotopic (exact) mass is 226 g/mol. The van der Waals surface area contributed by atoms with Gasteiger partial charge in [-0.3, -0.25) is 9.59 Å². The summed E-state index contributed by atoms with van der Waals surface area (Å²) >= 11 is 0. The summed E-state index contributed by atoms with van der Waals surface area (Å²) < 4.78 is 0. The van der Waals surface area contributed by atoms with E-state index in [0.717, 1.165) is 32.1 Å². The van der Waals surface area contributed by atoms with Crippen LogP contribution < -0.4 is 0 Å². The largest absolute Gasteiger partial charge is 0.300 e. The average Bonchev–Trinajstić information content (AvgIpc) is 2.26. The molecule has 0 saturated heterocycles. The van der Waals surface area contributed by atoms with Crippen LogP contribution in [-0.2, 0) is 9.59 Å². The van der Waals surface area contributed by atoms with Gasteiger partial charge >= 0.3 is 0 Å². The minimum Gasteiger partial charge on any atom is -0.300 e. The summed E-state index contributed by atoms with van der Waals surface area (Å²) in [7, 11) is 0. The Bertz CT molecular complexity index is 221. The third-order valence-corrected chi connectivity index (χ3v) is 3.37. The van der Waals surface area contributed by atoms with E-state index in [1.54, 1.807) is 6.92 Å². The molecule has 2 nitrogen and oxygen atoms in total. The predicted molar refractivity (Wildman–Crippen MR) is 67.4 cm³/mol. The van der Waals surface area contributed by atoms with Crippen molar-refractivity contribution < 1.29 is 9.59 Å². The number of carbonyl (C=O) groups is 2. The summed E-state index contributed by atoms with van der Waals surface area (Å²) in [6.45, 7) is 7.73. The molecule has 0 aliphatic rings. The Kier molecular flexibility index (Phi) is 8.14. The standard InChI is InChI=1S/C14H26O2/c1-5-7-8-13(6-2)14(16)10-9-11(3)12(4)15/h11,13H,5-10H2,1-4H3. The Morgan fingerprint density at radius 2 is 1.75 bits per heavy atom. The smallest absolute Gasteiger partial charge is 0.135 e. The fourth-order valence-electron chi connectivity index (χ4n) is 1.81. The molecule has 0 aromatic carbocycles. The van der Waals surface area contributed by atoms with Crippen LogP contribution in [0.25, 0.3) is 0 Å². The lowest BCUT2D eigenvalue weighted by Crippen LogP contribution is -2.16. The number of Topliss-reactive ketones (excluding diaryl/α,β-unsaturated/α-hetero) is 2. The quantitative estimate of drug-likeness (QED) is 0.599. The Hall–Kier alpha value is -0.660. The van der Waals surface area contributed by atoms with Crippen molar-refractivity contribution in [2.75, 3.05) is 0 Å². The molecule has 0 N–H and O–H groups in total. The second kappa shape index (κ2) is 8.49. The van der Waals surface area contributed by atoms with Gasteiger partial charge in [-0.1, -0.05) is 33.6 Å². The highest BCUT2D eigenvalue weighted by Crippen LogP contribution is 2.18. The SMILES string of the molecule is CCCCC(CC)C(=O)CCC(C)C(C)=O. The number of hydrogen-bond acceptors (Lipinski definition) is 2. The van der Waals surface area contributed by atoms with Gasteiger partial charge in [0.1, 0.15) is 11.6 Å². The van der Waals surface area contributed by atoms with Crippen molar-refractivity contribution in [2.24, 2.45) is 11.8 Å². The zero-order valence-corrected chi connectivity index (χ0v) is 11.2. The molecule has 0 aromatic rings. The van der Waals surface area contributed by atoms with Gasteiger partial charge in [0.05, 0.1) is 0 Å². The van der Waals surface area contributed by atoms with E-state index in [9.17, 15) is 9.59 Å². The zero-order chi connectivity index (χ0) is 12.6. The van der Waals surface area contributed by atoms with Crippen molar-refractivity contribution in [3.8, 4) is 0 Å². The summed E-state index contributed by atoms with van der Waals surface area (Å²) in [6.07, 6.45) is 5.52. The Morgan fingerprint density at radius 1 is 1.12 bits per heavy atom. The summed E-state index contributed by atoms with van der Waals surface area (Å²) in [4.78, 5) is 23.0. The van der Waals surface area contributed by atoms with Gasteiger partial charge in [-0.2, -0.15) is 0 Å². The zero-order valence-electron chi connectivity index (χ0n) is 11.2. The first-order chi connectivity index (χ1) is 7.52. The maximum Gasteiger partial charge on any atom is 0.135 e. The van der Waals surface area contributed by atoms with E-state index in [0.29, 0.717) is 12.2 Å². The molecule has 0 bridgehead atoms. The minimum absolute atomic E-state index is 0.0348. The molecule has 94 valence electrons. The molecule has 0 saturated carbocycles. The van der Waals surface area contributed by atoms with E-state index < -0.39 is 0 Å². The Labute approximate surface area is 99.8 Å². The van der Waals surface area contributed by atoms with E-state index in [2.05, 4.69) is 13.8 Å². The predicted octanol–water partition coefficient (Wildman–Crippen LogP) is 3.78. The molecule has 0 heterocycles. The van der Waals surface area contributed by atoms with Crippen LogP contribution in [0.15, 0.2) is 0 Å². The number of carbonyl (C=O) groups excluding carboxylic acids is 2. The molecule has 0 radical (unpaired) electrons. The Morgan fingerprint density at radius 3 is 2.19 bits per heavy atom. The number of rotatable bonds is 9. The van der Waals surface area contributed by atoms with Gasteiger partial charge in [0.2, 0.25) is 0 Å². The highest BCUT2D eigenvalue weighted by atomic mass is 16.1. The van der Waals surface area contributed by atoms with Crippen LogP contribution in [0.1, 0.15) is 66.2 Å². The molecule has 2 heteroatoms. The molecule has 0 rings (SSSR count). The number of unbranched alkanes of at least 4 members (excludes halogenated alkanes) is 1. The molecule has 0 aromatic heterocycles. The first-order valence-corrected chi connectivity index (χ1v) is 6.56. The van der Waals surface area contributed by atoms with Gasteiger partial charge in [-0.25, -0.2) is 0 Å². The fraction of sp³-hybridized carbons (Fsp3) is 0.857. The van der Waals surface area contributed by atoms with Crippen LogP contribution in [0, 0.1) is 11.8 Å². The van der Waals surface area contributed by atoms with Gasteiger partial charge in [0.25, 0.3) is 0 Å². The third kappa shape index (κ3) is 6.04. The first kappa shape index (κ1) is 15.3. The van der Waals surface area contributed by atoms with Gasteiger partial charge in [0, 0.05) is 18.3 Å². The Balaban J connectivity index is 3.96. The van der Waals surface area contributed by atoms with Crippen LogP contribution in [0.4, 0.5) is 0 Å². The van der Waals surface area contributed by atoms with E-state index in [4.69, 9.17) is 0 Å². The van der Waals surface area contributed by atoms with Crippen LogP contribution in [-0.4, -0.2) is 11.6 Å². The van der Waals surface area contributed by atoms with Gasteiger partial charge in [0.15, 0.2) is 0 Å². The van der Waals surface area contributed by atoms with Gasteiger partial charge in [-0.05, 0) is 26.2 Å². The third-order valence-electron chi connectivity index (χ3n) is 3.37. The molecule has 0 amide bonds. The number of ketones is 2. The van der Waals surface area contributed by atoms with Crippen LogP contribution >= 0.6 is 0 Å². The highest BCUT2D eigenvalue weighted by Gasteiger charge is 2.17. The maximum atomic E-state index is 11.9. The van der Waals surface area contributed by atoms with E-state index >= 15 is 0 Å². The van der Waals surface area contributed by atoms with Crippen LogP contribution in [0.2, 0.25) is 0 Å². The molecule has 0 spiro atoms. The minimum atomic E-state index is 0.0348. The van der Waals surface area contributed by atoms with Crippen LogP contribution in [0.3, 0.4) is 0 Å². The topological polar surface area (TPSA) is 34.1 Å². The molecule has 0 aliphatic carbocycles. The van der Waals surface area contributed by atoms with Gasteiger partial charge in [-0.15, -0.1) is 0 Å². The van der Waals surface area contributed by atoms with E-state index in [1.165, 1.54) is 0 Å². The normalized spacial score (nSPS) is 14.5. The van der Waals surface area contributed by atoms with Crippen molar-refractivity contribution in [1.82, 2.24) is 0 Å². The lowest BCUT2D eigenvalue weighted by molar-refractivity contribution is -0.124. The second-order valence-electron chi connectivity index (χ2n) is 4.76. The molecular formula is C14H26O2. The molecular weight excluding hydrogens is 200 g/mol. The summed E-state index contributed by atoms with van der Waals surface area (Å²) in [5.74, 6) is 0.796. The van der Waals surface area contributed by atoms with Gasteiger partial charge < -0.3 is 0 Å². The van der Waals surface area contributed by atoms with Crippen molar-refractivity contribution in [2.45, 2.75) is 66.2 Å². The summed E-state index contributed by atoms with van der Waals surface area (Å²) in [6, 6.07) is 0. The first-order valence-electron chi connectivity index (χ1n) is 6.56. The van der Waals surface area contributed by atoms with Crippen molar-refractivity contribution in [1.29, 1.82) is 0 Å². The molecule has 16 heavy (non-hydrogen) atoms. The lowest BCUT2D eigenvalue weighted by atomic mass is 9.90. The van der Waals surface area contributed by atoms with Crippen molar-refractivity contribution >= 4 is 11.6 Å². The van der Waals surface area contributed by atoms with Crippen molar-refractivity contribution in [3.63, 3.8) is 0 Å². The van der Waals surface area contributed by atoms with E-state index in [1.807, 2.05) is 6.92 Å². The molecule has 0 fully saturated rings.